The van der Waals surface area contributed by atoms with E-state index in [9.17, 15) is 8.78 Å². The summed E-state index contributed by atoms with van der Waals surface area (Å²) < 4.78 is 33.0. The summed E-state index contributed by atoms with van der Waals surface area (Å²) in [4.78, 5) is 18.0. The van der Waals surface area contributed by atoms with Gasteiger partial charge in [-0.2, -0.15) is 0 Å². The minimum atomic E-state index is -0.573. The van der Waals surface area contributed by atoms with E-state index in [0.29, 0.717) is 18.9 Å². The van der Waals surface area contributed by atoms with Gasteiger partial charge in [0, 0.05) is 43.1 Å². The monoisotopic (exact) mass is 397 g/mol. The van der Waals surface area contributed by atoms with E-state index in [1.807, 2.05) is 4.90 Å². The highest BCUT2D eigenvalue weighted by Crippen LogP contribution is 2.38. The van der Waals surface area contributed by atoms with Crippen LogP contribution in [-0.4, -0.2) is 47.8 Å². The second kappa shape index (κ2) is 7.51. The third kappa shape index (κ3) is 3.48. The molecule has 5 rings (SSSR count). The molecule has 0 N–H and O–H groups in total. The Morgan fingerprint density at radius 1 is 0.966 bits per heavy atom. The summed E-state index contributed by atoms with van der Waals surface area (Å²) in [6, 6.07) is 3.60. The summed E-state index contributed by atoms with van der Waals surface area (Å²) in [6.07, 6.45) is 7.07. The molecule has 0 bridgehead atoms. The highest BCUT2D eigenvalue weighted by Gasteiger charge is 2.29. The first-order chi connectivity index (χ1) is 14.2. The summed E-state index contributed by atoms with van der Waals surface area (Å²) in [6.45, 7) is 3.62. The number of benzene rings is 1. The maximum atomic E-state index is 13.8. The summed E-state index contributed by atoms with van der Waals surface area (Å²) in [5, 5.41) is 0. The number of halogens is 2. The Labute approximate surface area is 167 Å². The second-order valence-corrected chi connectivity index (χ2v) is 7.40. The number of aromatic nitrogens is 3. The lowest BCUT2D eigenvalue weighted by molar-refractivity contribution is 0.122. The van der Waals surface area contributed by atoms with Crippen molar-refractivity contribution >= 4 is 22.5 Å². The van der Waals surface area contributed by atoms with Crippen LogP contribution in [-0.2, 0) is 4.74 Å². The zero-order valence-electron chi connectivity index (χ0n) is 15.9. The van der Waals surface area contributed by atoms with Gasteiger partial charge in [0.25, 0.3) is 0 Å². The molecule has 3 aromatic rings. The second-order valence-electron chi connectivity index (χ2n) is 7.40. The largest absolute Gasteiger partial charge is 0.378 e. The molecule has 1 atom stereocenters. The minimum Gasteiger partial charge on any atom is -0.378 e. The van der Waals surface area contributed by atoms with Crippen LogP contribution >= 0.6 is 0 Å². The molecular formula is C21H21F2N5O. The van der Waals surface area contributed by atoms with Crippen LogP contribution in [0.2, 0.25) is 0 Å². The Kier molecular flexibility index (Phi) is 4.71. The SMILES string of the molecule is Fc1cc(F)cc(N2CCCC2c2cncc3ncc(N4CCOCC4)nc23)c1. The van der Waals surface area contributed by atoms with Crippen molar-refractivity contribution in [3.8, 4) is 0 Å². The van der Waals surface area contributed by atoms with Gasteiger partial charge in [-0.15, -0.1) is 0 Å². The lowest BCUT2D eigenvalue weighted by atomic mass is 10.0. The third-order valence-electron chi connectivity index (χ3n) is 5.60. The van der Waals surface area contributed by atoms with E-state index in [2.05, 4.69) is 14.9 Å². The summed E-state index contributed by atoms with van der Waals surface area (Å²) in [5.74, 6) is -0.332. The van der Waals surface area contributed by atoms with Gasteiger partial charge >= 0.3 is 0 Å². The lowest BCUT2D eigenvalue weighted by Gasteiger charge is -2.29. The molecule has 8 heteroatoms. The Morgan fingerprint density at radius 2 is 1.76 bits per heavy atom. The van der Waals surface area contributed by atoms with E-state index >= 15 is 0 Å². The van der Waals surface area contributed by atoms with E-state index < -0.39 is 11.6 Å². The van der Waals surface area contributed by atoms with Gasteiger partial charge in [0.1, 0.15) is 23.0 Å². The van der Waals surface area contributed by atoms with Crippen molar-refractivity contribution in [2.75, 3.05) is 42.6 Å². The van der Waals surface area contributed by atoms with Crippen LogP contribution in [0.15, 0.2) is 36.8 Å². The number of hydrogen-bond acceptors (Lipinski definition) is 6. The van der Waals surface area contributed by atoms with Gasteiger partial charge < -0.3 is 14.5 Å². The highest BCUT2D eigenvalue weighted by atomic mass is 19.1. The minimum absolute atomic E-state index is 0.0540. The third-order valence-corrected chi connectivity index (χ3v) is 5.60. The Bertz CT molecular complexity index is 1020. The highest BCUT2D eigenvalue weighted by molar-refractivity contribution is 5.79. The molecule has 29 heavy (non-hydrogen) atoms. The summed E-state index contributed by atoms with van der Waals surface area (Å²) in [7, 11) is 0. The van der Waals surface area contributed by atoms with Crippen LogP contribution in [0, 0.1) is 11.6 Å². The molecule has 1 unspecified atom stereocenters. The molecule has 2 aliphatic rings. The van der Waals surface area contributed by atoms with E-state index in [1.165, 1.54) is 12.1 Å². The molecule has 2 fully saturated rings. The lowest BCUT2D eigenvalue weighted by Crippen LogP contribution is -2.36. The number of pyridine rings is 1. The van der Waals surface area contributed by atoms with Crippen LogP contribution in [0.25, 0.3) is 11.0 Å². The van der Waals surface area contributed by atoms with Crippen molar-refractivity contribution in [2.45, 2.75) is 18.9 Å². The topological polar surface area (TPSA) is 54.4 Å². The predicted octanol–water partition coefficient (Wildman–Crippen LogP) is 3.48. The van der Waals surface area contributed by atoms with Gasteiger partial charge in [0.2, 0.25) is 0 Å². The molecule has 2 saturated heterocycles. The number of nitrogens with zero attached hydrogens (tertiary/aromatic N) is 5. The maximum absolute atomic E-state index is 13.8. The van der Waals surface area contributed by atoms with Gasteiger partial charge in [-0.25, -0.2) is 18.7 Å². The van der Waals surface area contributed by atoms with Gasteiger partial charge in [-0.05, 0) is 25.0 Å². The van der Waals surface area contributed by atoms with Crippen LogP contribution in [0.5, 0.6) is 0 Å². The number of ether oxygens (including phenoxy) is 1. The first kappa shape index (κ1) is 18.2. The first-order valence-corrected chi connectivity index (χ1v) is 9.85. The molecule has 0 radical (unpaired) electrons. The molecule has 0 aliphatic carbocycles. The number of anilines is 2. The summed E-state index contributed by atoms with van der Waals surface area (Å²) in [5.41, 5.74) is 2.99. The standard InChI is InChI=1S/C21H21F2N5O/c22-14-8-15(23)10-16(9-14)28-3-1-2-19(28)17-11-24-12-18-21(17)26-20(13-25-18)27-4-6-29-7-5-27/h8-13,19H,1-7H2. The molecule has 0 spiro atoms. The zero-order chi connectivity index (χ0) is 19.8. The molecule has 2 aromatic heterocycles. The van der Waals surface area contributed by atoms with Crippen molar-refractivity contribution in [2.24, 2.45) is 0 Å². The van der Waals surface area contributed by atoms with E-state index in [1.54, 1.807) is 18.6 Å². The molecule has 0 saturated carbocycles. The quantitative estimate of drug-likeness (QED) is 0.675. The number of hydrogen-bond donors (Lipinski definition) is 0. The van der Waals surface area contributed by atoms with Crippen molar-refractivity contribution in [3.05, 3.63) is 54.0 Å². The van der Waals surface area contributed by atoms with E-state index in [0.717, 1.165) is 61.0 Å². The average Bonchev–Trinajstić information content (AvgIpc) is 3.23. The van der Waals surface area contributed by atoms with Crippen molar-refractivity contribution in [1.29, 1.82) is 0 Å². The Hall–Kier alpha value is -2.87. The van der Waals surface area contributed by atoms with E-state index in [-0.39, 0.29) is 6.04 Å². The van der Waals surface area contributed by atoms with Crippen LogP contribution in [0.3, 0.4) is 0 Å². The van der Waals surface area contributed by atoms with Crippen LogP contribution in [0.4, 0.5) is 20.3 Å². The molecule has 1 aromatic carbocycles. The van der Waals surface area contributed by atoms with Gasteiger partial charge in [0.05, 0.1) is 37.2 Å². The molecule has 150 valence electrons. The van der Waals surface area contributed by atoms with Crippen molar-refractivity contribution in [3.63, 3.8) is 0 Å². The predicted molar refractivity (Wildman–Crippen MR) is 106 cm³/mol. The number of rotatable bonds is 3. The molecule has 0 amide bonds. The Balaban J connectivity index is 1.56. The van der Waals surface area contributed by atoms with Gasteiger partial charge in [-0.3, -0.25) is 4.98 Å². The fraction of sp³-hybridized carbons (Fsp3) is 0.381. The molecule has 6 nitrogen and oxygen atoms in total. The zero-order valence-corrected chi connectivity index (χ0v) is 15.9. The maximum Gasteiger partial charge on any atom is 0.148 e. The van der Waals surface area contributed by atoms with Crippen molar-refractivity contribution in [1.82, 2.24) is 15.0 Å². The Morgan fingerprint density at radius 3 is 2.55 bits per heavy atom. The fourth-order valence-electron chi connectivity index (χ4n) is 4.24. The average molecular weight is 397 g/mol. The molecule has 4 heterocycles. The normalized spacial score (nSPS) is 19.9. The first-order valence-electron chi connectivity index (χ1n) is 9.85. The fourth-order valence-corrected chi connectivity index (χ4v) is 4.24. The van der Waals surface area contributed by atoms with Crippen molar-refractivity contribution < 1.29 is 13.5 Å². The van der Waals surface area contributed by atoms with Crippen LogP contribution < -0.4 is 9.80 Å². The van der Waals surface area contributed by atoms with Gasteiger partial charge in [0.15, 0.2) is 0 Å². The number of morpholine rings is 1. The molecule has 2 aliphatic heterocycles. The summed E-state index contributed by atoms with van der Waals surface area (Å²) >= 11 is 0. The smallest absolute Gasteiger partial charge is 0.148 e. The number of fused-ring (bicyclic) bond motifs is 1. The van der Waals surface area contributed by atoms with Crippen LogP contribution in [0.1, 0.15) is 24.4 Å². The van der Waals surface area contributed by atoms with E-state index in [4.69, 9.17) is 9.72 Å². The molecular weight excluding hydrogens is 376 g/mol. The van der Waals surface area contributed by atoms with Gasteiger partial charge in [-0.1, -0.05) is 0 Å².